The summed E-state index contributed by atoms with van der Waals surface area (Å²) in [6, 6.07) is 4.82. The molecule has 0 bridgehead atoms. The zero-order valence-electron chi connectivity index (χ0n) is 13.8. The Morgan fingerprint density at radius 3 is 2.58 bits per heavy atom. The molecule has 24 heavy (non-hydrogen) atoms. The molecule has 0 aromatic heterocycles. The fraction of sp³-hybridized carbons (Fsp3) is 0.529. The number of carbonyl (C=O) groups is 2. The number of hydrogen-bond acceptors (Lipinski definition) is 3. The number of halogens is 2. The number of rotatable bonds is 6. The highest BCUT2D eigenvalue weighted by molar-refractivity contribution is 6.36. The molecule has 1 aromatic rings. The zero-order chi connectivity index (χ0) is 17.5. The molecule has 7 heteroatoms. The molecule has 1 aromatic carbocycles. The highest BCUT2D eigenvalue weighted by atomic mass is 35.5. The van der Waals surface area contributed by atoms with Crippen molar-refractivity contribution in [3.63, 3.8) is 0 Å². The van der Waals surface area contributed by atoms with E-state index in [4.69, 9.17) is 23.2 Å². The van der Waals surface area contributed by atoms with Crippen LogP contribution in [0.2, 0.25) is 10.0 Å². The van der Waals surface area contributed by atoms with Gasteiger partial charge in [0.1, 0.15) is 0 Å². The largest absolute Gasteiger partial charge is 0.352 e. The van der Waals surface area contributed by atoms with Gasteiger partial charge in [-0.3, -0.25) is 9.59 Å². The van der Waals surface area contributed by atoms with E-state index in [1.165, 1.54) is 6.07 Å². The van der Waals surface area contributed by atoms with Gasteiger partial charge in [-0.05, 0) is 44.0 Å². The number of nitrogens with zero attached hydrogens (tertiary/aromatic N) is 1. The van der Waals surface area contributed by atoms with E-state index in [-0.39, 0.29) is 29.4 Å². The number of likely N-dealkylation sites (tertiary alicyclic amines) is 1. The summed E-state index contributed by atoms with van der Waals surface area (Å²) in [6.07, 6.45) is 3.04. The van der Waals surface area contributed by atoms with Crippen LogP contribution in [0.15, 0.2) is 18.2 Å². The van der Waals surface area contributed by atoms with Crippen LogP contribution < -0.4 is 10.6 Å². The third kappa shape index (κ3) is 5.65. The third-order valence-electron chi connectivity index (χ3n) is 4.08. The molecule has 0 aliphatic carbocycles. The summed E-state index contributed by atoms with van der Waals surface area (Å²) in [7, 11) is 0. The van der Waals surface area contributed by atoms with Crippen LogP contribution in [-0.4, -0.2) is 48.9 Å². The molecule has 0 unspecified atom stereocenters. The minimum Gasteiger partial charge on any atom is -0.352 e. The number of amides is 2. The van der Waals surface area contributed by atoms with Gasteiger partial charge in [-0.1, -0.05) is 30.1 Å². The topological polar surface area (TPSA) is 61.4 Å². The van der Waals surface area contributed by atoms with E-state index in [0.717, 1.165) is 38.9 Å². The van der Waals surface area contributed by atoms with Gasteiger partial charge in [-0.2, -0.15) is 0 Å². The van der Waals surface area contributed by atoms with Gasteiger partial charge in [-0.15, -0.1) is 0 Å². The fourth-order valence-electron chi connectivity index (χ4n) is 2.83. The van der Waals surface area contributed by atoms with Crippen LogP contribution in [0.3, 0.4) is 0 Å². The molecule has 2 amide bonds. The molecule has 1 aliphatic rings. The Bertz CT molecular complexity index is 587. The Labute approximate surface area is 152 Å². The van der Waals surface area contributed by atoms with E-state index < -0.39 is 0 Å². The molecule has 5 nitrogen and oxygen atoms in total. The summed E-state index contributed by atoms with van der Waals surface area (Å²) in [6.45, 7) is 5.23. The number of piperidine rings is 1. The number of benzene rings is 1. The first-order valence-electron chi connectivity index (χ1n) is 8.24. The monoisotopic (exact) mass is 371 g/mol. The Balaban J connectivity index is 1.74. The fourth-order valence-corrected chi connectivity index (χ4v) is 3.32. The van der Waals surface area contributed by atoms with Crippen LogP contribution in [0.1, 0.15) is 36.5 Å². The van der Waals surface area contributed by atoms with Crippen molar-refractivity contribution in [3.8, 4) is 0 Å². The van der Waals surface area contributed by atoms with Crippen molar-refractivity contribution in [3.05, 3.63) is 33.8 Å². The van der Waals surface area contributed by atoms with Crippen molar-refractivity contribution in [2.75, 3.05) is 26.2 Å². The third-order valence-corrected chi connectivity index (χ3v) is 4.63. The quantitative estimate of drug-likeness (QED) is 0.807. The van der Waals surface area contributed by atoms with Crippen molar-refractivity contribution in [2.24, 2.45) is 0 Å². The molecule has 2 rings (SSSR count). The van der Waals surface area contributed by atoms with Crippen LogP contribution in [-0.2, 0) is 4.79 Å². The van der Waals surface area contributed by atoms with Gasteiger partial charge in [0.05, 0.1) is 17.1 Å². The highest BCUT2D eigenvalue weighted by Crippen LogP contribution is 2.20. The molecular weight excluding hydrogens is 349 g/mol. The normalized spacial score (nSPS) is 16.0. The van der Waals surface area contributed by atoms with Crippen molar-refractivity contribution < 1.29 is 9.59 Å². The zero-order valence-corrected chi connectivity index (χ0v) is 15.3. The standard InChI is InChI=1S/C17H23Cl2N3O2/c1-2-7-22-8-5-13(6-9-22)21-16(23)11-20-17(24)14-4-3-12(18)10-15(14)19/h3-4,10,13H,2,5-9,11H2,1H3,(H,20,24)(H,21,23). The van der Waals surface area contributed by atoms with Crippen LogP contribution in [0.4, 0.5) is 0 Å². The van der Waals surface area contributed by atoms with Gasteiger partial charge in [0, 0.05) is 24.2 Å². The van der Waals surface area contributed by atoms with Gasteiger partial charge in [0.25, 0.3) is 5.91 Å². The summed E-state index contributed by atoms with van der Waals surface area (Å²) in [5.41, 5.74) is 0.307. The predicted molar refractivity (Wildman–Crippen MR) is 96.7 cm³/mol. The van der Waals surface area contributed by atoms with Gasteiger partial charge >= 0.3 is 0 Å². The summed E-state index contributed by atoms with van der Waals surface area (Å²) in [4.78, 5) is 26.5. The molecule has 1 heterocycles. The molecule has 0 spiro atoms. The van der Waals surface area contributed by atoms with E-state index in [9.17, 15) is 9.59 Å². The van der Waals surface area contributed by atoms with Crippen molar-refractivity contribution >= 4 is 35.0 Å². The van der Waals surface area contributed by atoms with Crippen LogP contribution in [0.25, 0.3) is 0 Å². The number of hydrogen-bond donors (Lipinski definition) is 2. The van der Waals surface area contributed by atoms with E-state index in [2.05, 4.69) is 22.5 Å². The van der Waals surface area contributed by atoms with E-state index in [1.54, 1.807) is 12.1 Å². The maximum absolute atomic E-state index is 12.1. The smallest absolute Gasteiger partial charge is 0.253 e. The van der Waals surface area contributed by atoms with Gasteiger partial charge < -0.3 is 15.5 Å². The van der Waals surface area contributed by atoms with E-state index >= 15 is 0 Å². The first kappa shape index (κ1) is 19.0. The lowest BCUT2D eigenvalue weighted by atomic mass is 10.0. The first-order valence-corrected chi connectivity index (χ1v) is 9.00. The maximum Gasteiger partial charge on any atom is 0.253 e. The Kier molecular flexibility index (Phi) is 7.34. The van der Waals surface area contributed by atoms with Crippen LogP contribution in [0.5, 0.6) is 0 Å². The summed E-state index contributed by atoms with van der Waals surface area (Å²) >= 11 is 11.8. The lowest BCUT2D eigenvalue weighted by molar-refractivity contribution is -0.121. The lowest BCUT2D eigenvalue weighted by Gasteiger charge is -2.32. The van der Waals surface area contributed by atoms with Crippen LogP contribution >= 0.6 is 23.2 Å². The van der Waals surface area contributed by atoms with Crippen molar-refractivity contribution in [1.29, 1.82) is 0 Å². The van der Waals surface area contributed by atoms with Gasteiger partial charge in [-0.25, -0.2) is 0 Å². The second kappa shape index (κ2) is 9.25. The lowest BCUT2D eigenvalue weighted by Crippen LogP contribution is -2.47. The average Bonchev–Trinajstić information content (AvgIpc) is 2.55. The maximum atomic E-state index is 12.1. The van der Waals surface area contributed by atoms with Crippen LogP contribution in [0, 0.1) is 0 Å². The predicted octanol–water partition coefficient (Wildman–Crippen LogP) is 2.71. The molecule has 2 N–H and O–H groups in total. The van der Waals surface area contributed by atoms with Crippen molar-refractivity contribution in [2.45, 2.75) is 32.2 Å². The number of carbonyl (C=O) groups excluding carboxylic acids is 2. The van der Waals surface area contributed by atoms with E-state index in [0.29, 0.717) is 10.6 Å². The second-order valence-corrected chi connectivity index (χ2v) is 6.83. The molecule has 1 aliphatic heterocycles. The number of nitrogens with one attached hydrogen (secondary N) is 2. The summed E-state index contributed by atoms with van der Waals surface area (Å²) in [5.74, 6) is -0.563. The van der Waals surface area contributed by atoms with E-state index in [1.807, 2.05) is 0 Å². The van der Waals surface area contributed by atoms with Gasteiger partial charge in [0.15, 0.2) is 0 Å². The molecule has 0 saturated carbocycles. The Morgan fingerprint density at radius 1 is 1.25 bits per heavy atom. The van der Waals surface area contributed by atoms with Gasteiger partial charge in [0.2, 0.25) is 5.91 Å². The molecule has 132 valence electrons. The Hall–Kier alpha value is -1.30. The SMILES string of the molecule is CCCN1CCC(NC(=O)CNC(=O)c2ccc(Cl)cc2Cl)CC1. The highest BCUT2D eigenvalue weighted by Gasteiger charge is 2.20. The Morgan fingerprint density at radius 2 is 1.96 bits per heavy atom. The molecule has 0 atom stereocenters. The summed E-state index contributed by atoms with van der Waals surface area (Å²) < 4.78 is 0. The second-order valence-electron chi connectivity index (χ2n) is 5.99. The minimum atomic E-state index is -0.385. The molecular formula is C17H23Cl2N3O2. The first-order chi connectivity index (χ1) is 11.5. The molecule has 0 radical (unpaired) electrons. The van der Waals surface area contributed by atoms with Crippen molar-refractivity contribution in [1.82, 2.24) is 15.5 Å². The molecule has 1 saturated heterocycles. The summed E-state index contributed by atoms with van der Waals surface area (Å²) in [5, 5.41) is 6.30. The minimum absolute atomic E-state index is 0.0625. The average molecular weight is 372 g/mol. The molecule has 1 fully saturated rings.